The molecule has 5 nitrogen and oxygen atoms in total. The Balaban J connectivity index is 1.65. The number of benzene rings is 1. The number of rotatable bonds is 5. The number of carboxylic acids is 1. The lowest BCUT2D eigenvalue weighted by Gasteiger charge is -2.22. The third-order valence-electron chi connectivity index (χ3n) is 4.77. The summed E-state index contributed by atoms with van der Waals surface area (Å²) in [5.74, 6) is -3.37. The van der Waals surface area contributed by atoms with Crippen LogP contribution in [-0.2, 0) is 9.59 Å². The van der Waals surface area contributed by atoms with E-state index in [9.17, 15) is 23.5 Å². The maximum atomic E-state index is 13.2. The monoisotopic (exact) mass is 339 g/mol. The molecule has 1 aliphatic carbocycles. The summed E-state index contributed by atoms with van der Waals surface area (Å²) in [6.45, 7) is 2.09. The highest BCUT2D eigenvalue weighted by Crippen LogP contribution is 2.44. The van der Waals surface area contributed by atoms with Gasteiger partial charge in [-0.05, 0) is 43.7 Å². The van der Waals surface area contributed by atoms with Crippen LogP contribution in [0, 0.1) is 29.4 Å². The summed E-state index contributed by atoms with van der Waals surface area (Å²) in [6.07, 6.45) is 1.12. The lowest BCUT2D eigenvalue weighted by Crippen LogP contribution is -2.39. The second kappa shape index (κ2) is 6.37. The summed E-state index contributed by atoms with van der Waals surface area (Å²) in [5.41, 5.74) is 0. The SMILES string of the molecule is CC(Oc1ccc(F)c(F)c1)C(=O)N1C[C@H](C(=O)O)[C@@H](C2CC2)C1. The molecule has 0 bridgehead atoms. The van der Waals surface area contributed by atoms with Crippen molar-refractivity contribution in [2.24, 2.45) is 17.8 Å². The minimum absolute atomic E-state index is 0.0121. The fraction of sp³-hybridized carbons (Fsp3) is 0.529. The highest BCUT2D eigenvalue weighted by atomic mass is 19.2. The van der Waals surface area contributed by atoms with Crippen molar-refractivity contribution in [1.82, 2.24) is 4.90 Å². The van der Waals surface area contributed by atoms with Gasteiger partial charge in [-0.1, -0.05) is 0 Å². The van der Waals surface area contributed by atoms with E-state index in [0.29, 0.717) is 12.5 Å². The zero-order valence-corrected chi connectivity index (χ0v) is 13.2. The number of carbonyl (C=O) groups excluding carboxylic acids is 1. The molecule has 1 unspecified atom stereocenters. The van der Waals surface area contributed by atoms with Crippen LogP contribution in [0.25, 0.3) is 0 Å². The molecule has 1 heterocycles. The Labute approximate surface area is 138 Å². The molecule has 24 heavy (non-hydrogen) atoms. The van der Waals surface area contributed by atoms with Crippen LogP contribution in [-0.4, -0.2) is 41.1 Å². The first-order valence-electron chi connectivity index (χ1n) is 8.00. The van der Waals surface area contributed by atoms with Crippen molar-refractivity contribution in [3.8, 4) is 5.75 Å². The van der Waals surface area contributed by atoms with Crippen LogP contribution >= 0.6 is 0 Å². The van der Waals surface area contributed by atoms with E-state index in [0.717, 1.165) is 25.0 Å². The Bertz CT molecular complexity index is 662. The first-order chi connectivity index (χ1) is 11.4. The maximum Gasteiger partial charge on any atom is 0.308 e. The highest BCUT2D eigenvalue weighted by molar-refractivity contribution is 5.82. The Kier molecular flexibility index (Phi) is 4.43. The van der Waals surface area contributed by atoms with Crippen molar-refractivity contribution < 1.29 is 28.2 Å². The van der Waals surface area contributed by atoms with Crippen molar-refractivity contribution >= 4 is 11.9 Å². The molecule has 3 atom stereocenters. The molecule has 7 heteroatoms. The van der Waals surface area contributed by atoms with Crippen LogP contribution in [0.15, 0.2) is 18.2 Å². The number of likely N-dealkylation sites (tertiary alicyclic amines) is 1. The Morgan fingerprint density at radius 2 is 1.96 bits per heavy atom. The molecule has 130 valence electrons. The molecule has 1 aromatic carbocycles. The second-order valence-electron chi connectivity index (χ2n) is 6.53. The molecule has 1 aliphatic heterocycles. The first kappa shape index (κ1) is 16.7. The molecule has 0 aromatic heterocycles. The molecule has 0 spiro atoms. The van der Waals surface area contributed by atoms with Gasteiger partial charge < -0.3 is 14.7 Å². The van der Waals surface area contributed by atoms with E-state index in [4.69, 9.17) is 4.74 Å². The van der Waals surface area contributed by atoms with Crippen molar-refractivity contribution in [2.45, 2.75) is 25.9 Å². The first-order valence-corrected chi connectivity index (χ1v) is 8.00. The summed E-state index contributed by atoms with van der Waals surface area (Å²) >= 11 is 0. The van der Waals surface area contributed by atoms with Crippen molar-refractivity contribution in [2.75, 3.05) is 13.1 Å². The molecule has 2 aliphatic rings. The number of amides is 1. The molecule has 1 N–H and O–H groups in total. The van der Waals surface area contributed by atoms with Gasteiger partial charge in [-0.3, -0.25) is 9.59 Å². The maximum absolute atomic E-state index is 13.2. The van der Waals surface area contributed by atoms with Gasteiger partial charge in [-0.2, -0.15) is 0 Å². The van der Waals surface area contributed by atoms with E-state index in [1.807, 2.05) is 0 Å². The normalized spacial score (nSPS) is 24.7. The van der Waals surface area contributed by atoms with Crippen molar-refractivity contribution in [3.63, 3.8) is 0 Å². The predicted octanol–water partition coefficient (Wildman–Crippen LogP) is 2.30. The molecule has 1 saturated heterocycles. The molecule has 1 amide bonds. The minimum Gasteiger partial charge on any atom is -0.481 e. The van der Waals surface area contributed by atoms with Gasteiger partial charge in [-0.15, -0.1) is 0 Å². The summed E-state index contributed by atoms with van der Waals surface area (Å²) in [6, 6.07) is 3.07. The zero-order valence-electron chi connectivity index (χ0n) is 13.2. The van der Waals surface area contributed by atoms with Gasteiger partial charge in [0, 0.05) is 19.2 Å². The number of aliphatic carboxylic acids is 1. The average molecular weight is 339 g/mol. The van der Waals surface area contributed by atoms with Crippen molar-refractivity contribution in [1.29, 1.82) is 0 Å². The van der Waals surface area contributed by atoms with Gasteiger partial charge in [0.15, 0.2) is 17.7 Å². The molecule has 3 rings (SSSR count). The van der Waals surface area contributed by atoms with Crippen LogP contribution < -0.4 is 4.74 Å². The van der Waals surface area contributed by atoms with Gasteiger partial charge >= 0.3 is 5.97 Å². The van der Waals surface area contributed by atoms with Crippen LogP contribution in [0.2, 0.25) is 0 Å². The Morgan fingerprint density at radius 1 is 1.25 bits per heavy atom. The minimum atomic E-state index is -1.05. The zero-order chi connectivity index (χ0) is 17.4. The number of ether oxygens (including phenoxy) is 1. The van der Waals surface area contributed by atoms with E-state index in [1.165, 1.54) is 17.9 Å². The quantitative estimate of drug-likeness (QED) is 0.894. The summed E-state index contributed by atoms with van der Waals surface area (Å²) in [5, 5.41) is 9.34. The van der Waals surface area contributed by atoms with Gasteiger partial charge in [0.05, 0.1) is 5.92 Å². The topological polar surface area (TPSA) is 66.8 Å². The standard InChI is InChI=1S/C17H19F2NO4/c1-9(24-11-4-5-14(18)15(19)6-11)16(21)20-7-12(10-2-3-10)13(8-20)17(22)23/h4-6,9-10,12-13H,2-3,7-8H2,1H3,(H,22,23)/t9?,12-,13+/m1/s1. The van der Waals surface area contributed by atoms with Gasteiger partial charge in [0.2, 0.25) is 0 Å². The van der Waals surface area contributed by atoms with Crippen LogP contribution in [0.3, 0.4) is 0 Å². The predicted molar refractivity (Wildman–Crippen MR) is 80.4 cm³/mol. The van der Waals surface area contributed by atoms with Crippen molar-refractivity contribution in [3.05, 3.63) is 29.8 Å². The summed E-state index contributed by atoms with van der Waals surface area (Å²) < 4.78 is 31.5. The van der Waals surface area contributed by atoms with E-state index in [1.54, 1.807) is 0 Å². The fourth-order valence-corrected chi connectivity index (χ4v) is 3.33. The largest absolute Gasteiger partial charge is 0.481 e. The number of hydrogen-bond acceptors (Lipinski definition) is 3. The molecule has 0 radical (unpaired) electrons. The molecule has 1 saturated carbocycles. The number of carboxylic acid groups (broad SMARTS) is 1. The smallest absolute Gasteiger partial charge is 0.308 e. The third-order valence-corrected chi connectivity index (χ3v) is 4.77. The lowest BCUT2D eigenvalue weighted by atomic mass is 9.92. The average Bonchev–Trinajstić information content (AvgIpc) is 3.28. The highest BCUT2D eigenvalue weighted by Gasteiger charge is 2.47. The second-order valence-corrected chi connectivity index (χ2v) is 6.53. The van der Waals surface area contributed by atoms with E-state index < -0.39 is 29.6 Å². The molecule has 2 fully saturated rings. The van der Waals surface area contributed by atoms with Crippen LogP contribution in [0.1, 0.15) is 19.8 Å². The van der Waals surface area contributed by atoms with Gasteiger partial charge in [0.25, 0.3) is 5.91 Å². The molecular formula is C17H19F2NO4. The Morgan fingerprint density at radius 3 is 2.54 bits per heavy atom. The Hall–Kier alpha value is -2.18. The van der Waals surface area contributed by atoms with Crippen LogP contribution in [0.4, 0.5) is 8.78 Å². The molecule has 1 aromatic rings. The van der Waals surface area contributed by atoms with E-state index >= 15 is 0 Å². The number of hydrogen-bond donors (Lipinski definition) is 1. The van der Waals surface area contributed by atoms with E-state index in [2.05, 4.69) is 0 Å². The van der Waals surface area contributed by atoms with E-state index in [-0.39, 0.29) is 24.1 Å². The summed E-state index contributed by atoms with van der Waals surface area (Å²) in [4.78, 5) is 25.4. The number of carbonyl (C=O) groups is 2. The third kappa shape index (κ3) is 3.34. The number of halogens is 2. The van der Waals surface area contributed by atoms with Gasteiger partial charge in [-0.25, -0.2) is 8.78 Å². The lowest BCUT2D eigenvalue weighted by molar-refractivity contribution is -0.143. The van der Waals surface area contributed by atoms with Crippen LogP contribution in [0.5, 0.6) is 5.75 Å². The molecular weight excluding hydrogens is 320 g/mol. The summed E-state index contributed by atoms with van der Waals surface area (Å²) in [7, 11) is 0. The fourth-order valence-electron chi connectivity index (χ4n) is 3.33. The van der Waals surface area contributed by atoms with Gasteiger partial charge in [0.1, 0.15) is 5.75 Å². The number of nitrogens with zero attached hydrogens (tertiary/aromatic N) is 1.